The molecule has 2 aromatic heterocycles. The number of halogens is 1. The first-order valence-corrected chi connectivity index (χ1v) is 7.17. The second-order valence-corrected chi connectivity index (χ2v) is 6.49. The molecule has 0 saturated heterocycles. The van der Waals surface area contributed by atoms with Gasteiger partial charge in [0.2, 0.25) is 0 Å². The fourth-order valence-electron chi connectivity index (χ4n) is 1.34. The molecule has 92 valence electrons. The smallest absolute Gasteiger partial charge is 0.191 e. The lowest BCUT2D eigenvalue weighted by Crippen LogP contribution is -2.09. The van der Waals surface area contributed by atoms with Crippen molar-refractivity contribution >= 4 is 34.7 Å². The van der Waals surface area contributed by atoms with Crippen LogP contribution in [0.2, 0.25) is 4.34 Å². The van der Waals surface area contributed by atoms with E-state index in [4.69, 9.17) is 17.3 Å². The molecule has 17 heavy (non-hydrogen) atoms. The van der Waals surface area contributed by atoms with Crippen molar-refractivity contribution in [2.45, 2.75) is 17.3 Å². The average Bonchev–Trinajstić information content (AvgIpc) is 2.86. The van der Waals surface area contributed by atoms with Crippen LogP contribution in [0, 0.1) is 6.92 Å². The molecule has 0 saturated carbocycles. The van der Waals surface area contributed by atoms with Crippen molar-refractivity contribution < 1.29 is 0 Å². The van der Waals surface area contributed by atoms with Crippen molar-refractivity contribution in [3.63, 3.8) is 0 Å². The van der Waals surface area contributed by atoms with E-state index in [-0.39, 0.29) is 5.25 Å². The van der Waals surface area contributed by atoms with Gasteiger partial charge in [-0.2, -0.15) is 0 Å². The molecule has 1 atom stereocenters. The van der Waals surface area contributed by atoms with Crippen LogP contribution in [0.4, 0.5) is 0 Å². The van der Waals surface area contributed by atoms with Gasteiger partial charge in [-0.1, -0.05) is 23.4 Å². The monoisotopic (exact) mass is 288 g/mol. The van der Waals surface area contributed by atoms with Gasteiger partial charge in [-0.3, -0.25) is 0 Å². The first-order chi connectivity index (χ1) is 8.11. The summed E-state index contributed by atoms with van der Waals surface area (Å²) in [4.78, 5) is 1.17. The molecule has 2 aromatic rings. The van der Waals surface area contributed by atoms with E-state index in [1.54, 1.807) is 23.1 Å². The zero-order valence-electron chi connectivity index (χ0n) is 9.55. The normalized spacial score (nSPS) is 12.9. The van der Waals surface area contributed by atoms with Crippen molar-refractivity contribution in [2.75, 3.05) is 6.54 Å². The Morgan fingerprint density at radius 3 is 2.76 bits per heavy atom. The van der Waals surface area contributed by atoms with Gasteiger partial charge >= 0.3 is 0 Å². The Kier molecular flexibility index (Phi) is 4.09. The maximum absolute atomic E-state index is 5.94. The molecule has 0 aromatic carbocycles. The molecule has 0 aliphatic carbocycles. The van der Waals surface area contributed by atoms with E-state index < -0.39 is 0 Å². The molecule has 4 nitrogen and oxygen atoms in total. The molecule has 2 N–H and O–H groups in total. The van der Waals surface area contributed by atoms with E-state index in [0.717, 1.165) is 15.3 Å². The van der Waals surface area contributed by atoms with E-state index in [1.807, 2.05) is 30.7 Å². The number of aromatic nitrogens is 3. The van der Waals surface area contributed by atoms with Crippen LogP contribution >= 0.6 is 34.7 Å². The minimum Gasteiger partial charge on any atom is -0.329 e. The number of thioether (sulfide) groups is 1. The SMILES string of the molecule is Cc1nnc(SC(CN)c2ccc(Cl)s2)n1C. The maximum Gasteiger partial charge on any atom is 0.191 e. The van der Waals surface area contributed by atoms with Crippen molar-refractivity contribution in [3.8, 4) is 0 Å². The third-order valence-corrected chi connectivity index (χ3v) is 5.22. The Morgan fingerprint density at radius 2 is 2.29 bits per heavy atom. The largest absolute Gasteiger partial charge is 0.329 e. The fourth-order valence-corrected chi connectivity index (χ4v) is 3.61. The van der Waals surface area contributed by atoms with Crippen LogP contribution in [0.5, 0.6) is 0 Å². The van der Waals surface area contributed by atoms with Gasteiger partial charge in [0.15, 0.2) is 5.16 Å². The van der Waals surface area contributed by atoms with Crippen molar-refractivity contribution in [3.05, 3.63) is 27.2 Å². The third kappa shape index (κ3) is 2.82. The molecule has 0 bridgehead atoms. The van der Waals surface area contributed by atoms with E-state index in [0.29, 0.717) is 6.54 Å². The second-order valence-electron chi connectivity index (χ2n) is 3.57. The van der Waals surface area contributed by atoms with Crippen molar-refractivity contribution in [1.29, 1.82) is 0 Å². The van der Waals surface area contributed by atoms with Crippen LogP contribution in [-0.2, 0) is 7.05 Å². The number of hydrogen-bond donors (Lipinski definition) is 1. The van der Waals surface area contributed by atoms with Crippen molar-refractivity contribution in [2.24, 2.45) is 12.8 Å². The Balaban J connectivity index is 2.18. The molecule has 1 unspecified atom stereocenters. The van der Waals surface area contributed by atoms with E-state index in [1.165, 1.54) is 4.88 Å². The number of nitrogens with zero attached hydrogens (tertiary/aromatic N) is 3. The molecule has 2 rings (SSSR count). The Hall–Kier alpha value is -0.560. The zero-order chi connectivity index (χ0) is 12.4. The van der Waals surface area contributed by atoms with Crippen LogP contribution in [0.25, 0.3) is 0 Å². The van der Waals surface area contributed by atoms with Crippen LogP contribution in [-0.4, -0.2) is 21.3 Å². The molecule has 0 amide bonds. The molecule has 0 aliphatic rings. The highest BCUT2D eigenvalue weighted by Crippen LogP contribution is 2.38. The van der Waals surface area contributed by atoms with Gasteiger partial charge in [-0.25, -0.2) is 0 Å². The summed E-state index contributed by atoms with van der Waals surface area (Å²) < 4.78 is 2.75. The highest BCUT2D eigenvalue weighted by Gasteiger charge is 2.17. The predicted molar refractivity (Wildman–Crippen MR) is 72.7 cm³/mol. The molecule has 0 aliphatic heterocycles. The summed E-state index contributed by atoms with van der Waals surface area (Å²) >= 11 is 9.11. The highest BCUT2D eigenvalue weighted by atomic mass is 35.5. The summed E-state index contributed by atoms with van der Waals surface area (Å²) in [7, 11) is 1.95. The van der Waals surface area contributed by atoms with Gasteiger partial charge in [0.25, 0.3) is 0 Å². The first-order valence-electron chi connectivity index (χ1n) is 5.09. The first kappa shape index (κ1) is 12.9. The molecule has 0 spiro atoms. The minimum absolute atomic E-state index is 0.176. The summed E-state index contributed by atoms with van der Waals surface area (Å²) in [6.07, 6.45) is 0. The van der Waals surface area contributed by atoms with Crippen molar-refractivity contribution in [1.82, 2.24) is 14.8 Å². The Labute approximate surface area is 113 Å². The molecule has 0 fully saturated rings. The van der Waals surface area contributed by atoms with Gasteiger partial charge in [-0.15, -0.1) is 21.5 Å². The van der Waals surface area contributed by atoms with Crippen LogP contribution < -0.4 is 5.73 Å². The van der Waals surface area contributed by atoms with Crippen LogP contribution in [0.1, 0.15) is 16.0 Å². The summed E-state index contributed by atoms with van der Waals surface area (Å²) in [6.45, 7) is 2.48. The molecular weight excluding hydrogens is 276 g/mol. The standard InChI is InChI=1S/C10H13ClN4S2/c1-6-13-14-10(15(6)2)17-8(5-12)7-3-4-9(11)16-7/h3-4,8H,5,12H2,1-2H3. The van der Waals surface area contributed by atoms with Gasteiger partial charge < -0.3 is 10.3 Å². The van der Waals surface area contributed by atoms with Gasteiger partial charge in [0.05, 0.1) is 9.59 Å². The summed E-state index contributed by atoms with van der Waals surface area (Å²) in [5.74, 6) is 0.896. The number of thiophene rings is 1. The lowest BCUT2D eigenvalue weighted by Gasteiger charge is -2.11. The summed E-state index contributed by atoms with van der Waals surface area (Å²) in [6, 6.07) is 3.91. The predicted octanol–water partition coefficient (Wildman–Crippen LogP) is 2.63. The minimum atomic E-state index is 0.176. The number of hydrogen-bond acceptors (Lipinski definition) is 5. The van der Waals surface area contributed by atoms with E-state index in [2.05, 4.69) is 10.2 Å². The number of aryl methyl sites for hydroxylation is 1. The second kappa shape index (κ2) is 5.39. The molecular formula is C10H13ClN4S2. The van der Waals surface area contributed by atoms with E-state index in [9.17, 15) is 0 Å². The van der Waals surface area contributed by atoms with Gasteiger partial charge in [0, 0.05) is 18.5 Å². The number of nitrogens with two attached hydrogens (primary N) is 1. The van der Waals surface area contributed by atoms with Gasteiger partial charge in [0.1, 0.15) is 5.82 Å². The molecule has 0 radical (unpaired) electrons. The number of rotatable bonds is 4. The topological polar surface area (TPSA) is 56.7 Å². The zero-order valence-corrected chi connectivity index (χ0v) is 11.9. The molecule has 7 heteroatoms. The van der Waals surface area contributed by atoms with Crippen LogP contribution in [0.15, 0.2) is 17.3 Å². The Morgan fingerprint density at radius 1 is 1.53 bits per heavy atom. The maximum atomic E-state index is 5.94. The molecule has 2 heterocycles. The Bertz CT molecular complexity index is 508. The summed E-state index contributed by atoms with van der Waals surface area (Å²) in [5.41, 5.74) is 5.80. The third-order valence-electron chi connectivity index (χ3n) is 2.43. The highest BCUT2D eigenvalue weighted by molar-refractivity contribution is 7.99. The quantitative estimate of drug-likeness (QED) is 0.879. The van der Waals surface area contributed by atoms with Gasteiger partial charge in [-0.05, 0) is 19.1 Å². The average molecular weight is 289 g/mol. The van der Waals surface area contributed by atoms with E-state index >= 15 is 0 Å². The summed E-state index contributed by atoms with van der Waals surface area (Å²) in [5, 5.41) is 9.21. The lowest BCUT2D eigenvalue weighted by molar-refractivity contribution is 0.761. The van der Waals surface area contributed by atoms with Crippen LogP contribution in [0.3, 0.4) is 0 Å². The fraction of sp³-hybridized carbons (Fsp3) is 0.400. The lowest BCUT2D eigenvalue weighted by atomic mass is 10.3.